The number of aromatic nitrogens is 3. The summed E-state index contributed by atoms with van der Waals surface area (Å²) in [5.74, 6) is -1.10. The highest BCUT2D eigenvalue weighted by Gasteiger charge is 2.33. The van der Waals surface area contributed by atoms with Gasteiger partial charge in [-0.15, -0.1) is 5.10 Å². The van der Waals surface area contributed by atoms with E-state index in [0.29, 0.717) is 19.6 Å². The molecule has 2 amide bonds. The van der Waals surface area contributed by atoms with Crippen molar-refractivity contribution in [1.82, 2.24) is 25.2 Å². The summed E-state index contributed by atoms with van der Waals surface area (Å²) in [5.41, 5.74) is -0.0868. The molecule has 2 aliphatic heterocycles. The number of aromatic carboxylic acids is 1. The number of hydrogen-bond donors (Lipinski definition) is 2. The molecule has 3 rings (SSSR count). The lowest BCUT2D eigenvalue weighted by Crippen LogP contribution is -2.55. The van der Waals surface area contributed by atoms with E-state index in [0.717, 1.165) is 19.4 Å². The molecule has 0 aliphatic carbocycles. The third kappa shape index (κ3) is 2.97. The third-order valence-corrected chi connectivity index (χ3v) is 3.76. The standard InChI is InChI=1S/C12H17N5O4/c18-11(19)10-7-17(15-14-10)8-5-16(6-8)12(20)13-4-9-2-1-3-21-9/h7-9H,1-6H2,(H,13,20)(H,18,19). The van der Waals surface area contributed by atoms with E-state index in [9.17, 15) is 9.59 Å². The summed E-state index contributed by atoms with van der Waals surface area (Å²) in [4.78, 5) is 24.3. The van der Waals surface area contributed by atoms with Crippen LogP contribution >= 0.6 is 0 Å². The number of urea groups is 1. The van der Waals surface area contributed by atoms with Crippen molar-refractivity contribution in [3.8, 4) is 0 Å². The van der Waals surface area contributed by atoms with E-state index < -0.39 is 5.97 Å². The monoisotopic (exact) mass is 295 g/mol. The molecule has 0 saturated carbocycles. The van der Waals surface area contributed by atoms with Crippen LogP contribution in [0.1, 0.15) is 29.4 Å². The highest BCUT2D eigenvalue weighted by atomic mass is 16.5. The molecule has 2 aliphatic rings. The van der Waals surface area contributed by atoms with Crippen LogP contribution in [0.3, 0.4) is 0 Å². The molecule has 3 heterocycles. The fourth-order valence-corrected chi connectivity index (χ4v) is 2.46. The topological polar surface area (TPSA) is 110 Å². The number of carbonyl (C=O) groups is 2. The van der Waals surface area contributed by atoms with Gasteiger partial charge in [0.15, 0.2) is 5.69 Å². The molecular weight excluding hydrogens is 278 g/mol. The van der Waals surface area contributed by atoms with Crippen molar-refractivity contribution in [2.75, 3.05) is 26.2 Å². The smallest absolute Gasteiger partial charge is 0.358 e. The average molecular weight is 295 g/mol. The highest BCUT2D eigenvalue weighted by Crippen LogP contribution is 2.20. The Bertz CT molecular complexity index is 534. The van der Waals surface area contributed by atoms with Gasteiger partial charge in [-0.05, 0) is 12.8 Å². The Balaban J connectivity index is 1.43. The second-order valence-corrected chi connectivity index (χ2v) is 5.27. The Morgan fingerprint density at radius 3 is 2.90 bits per heavy atom. The molecule has 0 bridgehead atoms. The van der Waals surface area contributed by atoms with Crippen LogP contribution in [0.25, 0.3) is 0 Å². The quantitative estimate of drug-likeness (QED) is 0.790. The van der Waals surface area contributed by atoms with Crippen molar-refractivity contribution in [3.63, 3.8) is 0 Å². The number of carboxylic acid groups (broad SMARTS) is 1. The summed E-state index contributed by atoms with van der Waals surface area (Å²) in [7, 11) is 0. The van der Waals surface area contributed by atoms with Gasteiger partial charge in [0, 0.05) is 26.2 Å². The second kappa shape index (κ2) is 5.68. The zero-order valence-corrected chi connectivity index (χ0v) is 11.4. The molecular formula is C12H17N5O4. The molecule has 114 valence electrons. The summed E-state index contributed by atoms with van der Waals surface area (Å²) in [6.07, 6.45) is 3.54. The van der Waals surface area contributed by atoms with Gasteiger partial charge in [0.25, 0.3) is 0 Å². The van der Waals surface area contributed by atoms with Crippen molar-refractivity contribution in [2.45, 2.75) is 25.0 Å². The maximum absolute atomic E-state index is 11.9. The normalized spacial score (nSPS) is 22.1. The number of carbonyl (C=O) groups excluding carboxylic acids is 1. The highest BCUT2D eigenvalue weighted by molar-refractivity contribution is 5.84. The largest absolute Gasteiger partial charge is 0.476 e. The number of ether oxygens (including phenoxy) is 1. The first kappa shape index (κ1) is 13.8. The lowest BCUT2D eigenvalue weighted by Gasteiger charge is -2.38. The van der Waals surface area contributed by atoms with Gasteiger partial charge < -0.3 is 20.1 Å². The maximum Gasteiger partial charge on any atom is 0.358 e. The zero-order chi connectivity index (χ0) is 14.8. The van der Waals surface area contributed by atoms with E-state index in [4.69, 9.17) is 9.84 Å². The number of likely N-dealkylation sites (tertiary alicyclic amines) is 1. The van der Waals surface area contributed by atoms with Crippen LogP contribution in [0.15, 0.2) is 6.20 Å². The summed E-state index contributed by atoms with van der Waals surface area (Å²) in [6.45, 7) is 2.30. The van der Waals surface area contributed by atoms with Crippen LogP contribution in [-0.2, 0) is 4.74 Å². The summed E-state index contributed by atoms with van der Waals surface area (Å²) >= 11 is 0. The molecule has 2 saturated heterocycles. The first-order valence-corrected chi connectivity index (χ1v) is 6.93. The molecule has 1 unspecified atom stereocenters. The first-order chi connectivity index (χ1) is 10.1. The number of rotatable bonds is 4. The first-order valence-electron chi connectivity index (χ1n) is 6.93. The zero-order valence-electron chi connectivity index (χ0n) is 11.4. The van der Waals surface area contributed by atoms with Gasteiger partial charge in [0.1, 0.15) is 0 Å². The van der Waals surface area contributed by atoms with Crippen molar-refractivity contribution in [2.24, 2.45) is 0 Å². The van der Waals surface area contributed by atoms with Crippen LogP contribution in [0.4, 0.5) is 4.79 Å². The fourth-order valence-electron chi connectivity index (χ4n) is 2.46. The molecule has 0 radical (unpaired) electrons. The van der Waals surface area contributed by atoms with Gasteiger partial charge in [-0.1, -0.05) is 5.21 Å². The van der Waals surface area contributed by atoms with Crippen LogP contribution in [0.5, 0.6) is 0 Å². The maximum atomic E-state index is 11.9. The molecule has 21 heavy (non-hydrogen) atoms. The minimum atomic E-state index is -1.10. The Hall–Kier alpha value is -2.16. The Morgan fingerprint density at radius 1 is 1.48 bits per heavy atom. The van der Waals surface area contributed by atoms with E-state index >= 15 is 0 Å². The minimum Gasteiger partial charge on any atom is -0.476 e. The Kier molecular flexibility index (Phi) is 3.74. The fraction of sp³-hybridized carbons (Fsp3) is 0.667. The number of nitrogens with zero attached hydrogens (tertiary/aromatic N) is 4. The summed E-state index contributed by atoms with van der Waals surface area (Å²) < 4.78 is 6.93. The van der Waals surface area contributed by atoms with Gasteiger partial charge in [-0.25, -0.2) is 14.3 Å². The minimum absolute atomic E-state index is 0.0147. The molecule has 1 aromatic rings. The van der Waals surface area contributed by atoms with Crippen molar-refractivity contribution >= 4 is 12.0 Å². The van der Waals surface area contributed by atoms with E-state index in [1.54, 1.807) is 4.90 Å². The molecule has 0 aromatic carbocycles. The van der Waals surface area contributed by atoms with Crippen LogP contribution in [0, 0.1) is 0 Å². The number of carboxylic acids is 1. The van der Waals surface area contributed by atoms with Gasteiger partial charge in [-0.3, -0.25) is 0 Å². The number of hydrogen-bond acceptors (Lipinski definition) is 5. The number of nitrogens with one attached hydrogen (secondary N) is 1. The van der Waals surface area contributed by atoms with E-state index in [1.807, 2.05) is 0 Å². The molecule has 1 atom stereocenters. The van der Waals surface area contributed by atoms with E-state index in [2.05, 4.69) is 15.6 Å². The van der Waals surface area contributed by atoms with Gasteiger partial charge >= 0.3 is 12.0 Å². The van der Waals surface area contributed by atoms with Gasteiger partial charge in [-0.2, -0.15) is 0 Å². The second-order valence-electron chi connectivity index (χ2n) is 5.27. The molecule has 9 heteroatoms. The molecule has 2 fully saturated rings. The predicted molar refractivity (Wildman–Crippen MR) is 70.0 cm³/mol. The van der Waals surface area contributed by atoms with E-state index in [-0.39, 0.29) is 23.9 Å². The molecule has 1 aromatic heterocycles. The third-order valence-electron chi connectivity index (χ3n) is 3.76. The number of amides is 2. The van der Waals surface area contributed by atoms with Crippen molar-refractivity contribution < 1.29 is 19.4 Å². The summed E-state index contributed by atoms with van der Waals surface area (Å²) in [6, 6.07) is -0.139. The molecule has 0 spiro atoms. The Morgan fingerprint density at radius 2 is 2.29 bits per heavy atom. The molecule has 9 nitrogen and oxygen atoms in total. The van der Waals surface area contributed by atoms with E-state index in [1.165, 1.54) is 10.9 Å². The summed E-state index contributed by atoms with van der Waals surface area (Å²) in [5, 5.41) is 19.0. The lowest BCUT2D eigenvalue weighted by atomic mass is 10.1. The predicted octanol–water partition coefficient (Wildman–Crippen LogP) is -0.278. The van der Waals surface area contributed by atoms with Crippen molar-refractivity contribution in [1.29, 1.82) is 0 Å². The lowest BCUT2D eigenvalue weighted by molar-refractivity contribution is 0.0690. The van der Waals surface area contributed by atoms with Crippen molar-refractivity contribution in [3.05, 3.63) is 11.9 Å². The van der Waals surface area contributed by atoms with Gasteiger partial charge in [0.05, 0.1) is 18.3 Å². The molecule has 2 N–H and O–H groups in total. The van der Waals surface area contributed by atoms with Crippen LogP contribution in [-0.4, -0.2) is 69.3 Å². The van der Waals surface area contributed by atoms with Crippen LogP contribution in [0.2, 0.25) is 0 Å². The van der Waals surface area contributed by atoms with Crippen LogP contribution < -0.4 is 5.32 Å². The SMILES string of the molecule is O=C(O)c1cn(C2CN(C(=O)NCC3CCCO3)C2)nn1. The Labute approximate surface area is 120 Å². The average Bonchev–Trinajstić information content (AvgIpc) is 3.06. The van der Waals surface area contributed by atoms with Gasteiger partial charge in [0.2, 0.25) is 0 Å².